The summed E-state index contributed by atoms with van der Waals surface area (Å²) in [5.41, 5.74) is 2.04. The van der Waals surface area contributed by atoms with Gasteiger partial charge < -0.3 is 14.8 Å². The number of benzene rings is 2. The normalized spacial score (nSPS) is 18.1. The SMILES string of the molecule is Cc1cc(-n2cc(F)cn2)c2cccc(OCc3c(Cl)cc(F)cc3[C@H](C)NC(=O)C3(C)CCCO3)c2n1. The summed E-state index contributed by atoms with van der Waals surface area (Å²) in [5, 5.41) is 7.92. The molecule has 3 heterocycles. The predicted octanol–water partition coefficient (Wildman–Crippen LogP) is 5.99. The fourth-order valence-electron chi connectivity index (χ4n) is 4.76. The number of nitrogens with zero attached hydrogens (tertiary/aromatic N) is 3. The largest absolute Gasteiger partial charge is 0.487 e. The average Bonchev–Trinajstić information content (AvgIpc) is 3.51. The fraction of sp³-hybridized carbons (Fsp3) is 0.321. The first-order chi connectivity index (χ1) is 18.1. The summed E-state index contributed by atoms with van der Waals surface area (Å²) in [5.74, 6) is -0.758. The standard InChI is InChI=1S/C28H27ClF2N4O3/c1-16-10-24(35-14-19(31)13-32-35)20-6-4-7-25(26(20)33-16)37-15-22-21(11-18(30)12-23(22)29)17(2)34-27(36)28(3)8-5-9-38-28/h4,6-7,10-14,17H,5,8-9,15H2,1-3H3,(H,34,36)/t17-,28?/m0/s1. The average molecular weight is 541 g/mol. The summed E-state index contributed by atoms with van der Waals surface area (Å²) in [6.45, 7) is 5.88. The van der Waals surface area contributed by atoms with Crippen LogP contribution in [0, 0.1) is 18.6 Å². The Morgan fingerprint density at radius 3 is 2.82 bits per heavy atom. The van der Waals surface area contributed by atoms with Gasteiger partial charge in [0.15, 0.2) is 5.82 Å². The molecule has 7 nitrogen and oxygen atoms in total. The van der Waals surface area contributed by atoms with E-state index in [1.54, 1.807) is 26.0 Å². The highest BCUT2D eigenvalue weighted by atomic mass is 35.5. The number of amides is 1. The van der Waals surface area contributed by atoms with Gasteiger partial charge in [0.1, 0.15) is 29.3 Å². The van der Waals surface area contributed by atoms with E-state index in [1.165, 1.54) is 23.0 Å². The van der Waals surface area contributed by atoms with Crippen LogP contribution in [0.2, 0.25) is 5.02 Å². The molecule has 2 aromatic heterocycles. The van der Waals surface area contributed by atoms with Gasteiger partial charge in [-0.05, 0) is 63.4 Å². The molecule has 0 aliphatic carbocycles. The number of ether oxygens (including phenoxy) is 2. The Hall–Kier alpha value is -3.56. The van der Waals surface area contributed by atoms with Crippen molar-refractivity contribution in [3.8, 4) is 11.4 Å². The van der Waals surface area contributed by atoms with Crippen LogP contribution in [-0.2, 0) is 16.1 Å². The third-order valence-electron chi connectivity index (χ3n) is 6.79. The third kappa shape index (κ3) is 5.08. The van der Waals surface area contributed by atoms with Crippen molar-refractivity contribution in [3.05, 3.63) is 82.3 Å². The molecule has 5 rings (SSSR count). The Kier molecular flexibility index (Phi) is 7.07. The van der Waals surface area contributed by atoms with Crippen molar-refractivity contribution < 1.29 is 23.0 Å². The number of rotatable bonds is 7. The molecule has 4 aromatic rings. The summed E-state index contributed by atoms with van der Waals surface area (Å²) >= 11 is 6.47. The van der Waals surface area contributed by atoms with Gasteiger partial charge >= 0.3 is 0 Å². The van der Waals surface area contributed by atoms with E-state index >= 15 is 0 Å². The molecule has 1 aliphatic rings. The number of carbonyl (C=O) groups is 1. The minimum atomic E-state index is -0.913. The number of aromatic nitrogens is 3. The van der Waals surface area contributed by atoms with Crippen molar-refractivity contribution in [2.45, 2.75) is 51.9 Å². The van der Waals surface area contributed by atoms with Gasteiger partial charge in [-0.25, -0.2) is 18.4 Å². The number of hydrogen-bond acceptors (Lipinski definition) is 5. The van der Waals surface area contributed by atoms with Gasteiger partial charge in [-0.3, -0.25) is 4.79 Å². The summed E-state index contributed by atoms with van der Waals surface area (Å²) in [6, 6.07) is 9.25. The zero-order chi connectivity index (χ0) is 27.0. The van der Waals surface area contributed by atoms with E-state index < -0.39 is 23.3 Å². The molecule has 0 radical (unpaired) electrons. The molecule has 2 aromatic carbocycles. The predicted molar refractivity (Wildman–Crippen MR) is 139 cm³/mol. The van der Waals surface area contributed by atoms with Crippen molar-refractivity contribution >= 4 is 28.4 Å². The molecule has 38 heavy (non-hydrogen) atoms. The molecule has 1 saturated heterocycles. The number of hydrogen-bond donors (Lipinski definition) is 1. The van der Waals surface area contributed by atoms with Crippen LogP contribution < -0.4 is 10.1 Å². The number of carbonyl (C=O) groups excluding carboxylic acids is 1. The maximum absolute atomic E-state index is 14.4. The number of fused-ring (bicyclic) bond motifs is 1. The molecule has 198 valence electrons. The molecular weight excluding hydrogens is 514 g/mol. The topological polar surface area (TPSA) is 78.3 Å². The minimum absolute atomic E-state index is 0.00287. The minimum Gasteiger partial charge on any atom is -0.487 e. The van der Waals surface area contributed by atoms with Crippen molar-refractivity contribution in [3.63, 3.8) is 0 Å². The molecule has 2 atom stereocenters. The van der Waals surface area contributed by atoms with Gasteiger partial charge in [-0.1, -0.05) is 23.7 Å². The monoisotopic (exact) mass is 540 g/mol. The van der Waals surface area contributed by atoms with Crippen molar-refractivity contribution in [2.24, 2.45) is 0 Å². The molecule has 0 bridgehead atoms. The smallest absolute Gasteiger partial charge is 0.252 e. The van der Waals surface area contributed by atoms with Crippen LogP contribution in [0.3, 0.4) is 0 Å². The van der Waals surface area contributed by atoms with Gasteiger partial charge in [0.2, 0.25) is 0 Å². The van der Waals surface area contributed by atoms with Gasteiger partial charge in [0.25, 0.3) is 5.91 Å². The molecule has 0 spiro atoms. The van der Waals surface area contributed by atoms with E-state index in [9.17, 15) is 13.6 Å². The Morgan fingerprint density at radius 1 is 1.29 bits per heavy atom. The number of halogens is 3. The third-order valence-corrected chi connectivity index (χ3v) is 7.12. The molecule has 1 amide bonds. The van der Waals surface area contributed by atoms with Crippen LogP contribution in [0.15, 0.2) is 48.8 Å². The summed E-state index contributed by atoms with van der Waals surface area (Å²) < 4.78 is 41.3. The fourth-order valence-corrected chi connectivity index (χ4v) is 5.03. The van der Waals surface area contributed by atoms with E-state index in [0.29, 0.717) is 52.2 Å². The maximum Gasteiger partial charge on any atom is 0.252 e. The summed E-state index contributed by atoms with van der Waals surface area (Å²) in [7, 11) is 0. The molecule has 10 heteroatoms. The Labute approximate surface area is 223 Å². The molecule has 1 fully saturated rings. The lowest BCUT2D eigenvalue weighted by Crippen LogP contribution is -2.45. The van der Waals surface area contributed by atoms with E-state index in [2.05, 4.69) is 15.4 Å². The van der Waals surface area contributed by atoms with E-state index in [4.69, 9.17) is 21.1 Å². The molecular formula is C28H27ClF2N4O3. The Bertz CT molecular complexity index is 1520. The first-order valence-corrected chi connectivity index (χ1v) is 12.7. The van der Waals surface area contributed by atoms with Crippen LogP contribution in [-0.4, -0.2) is 32.9 Å². The number of pyridine rings is 1. The van der Waals surface area contributed by atoms with Gasteiger partial charge in [-0.2, -0.15) is 5.10 Å². The summed E-state index contributed by atoms with van der Waals surface area (Å²) in [4.78, 5) is 17.5. The van der Waals surface area contributed by atoms with Gasteiger partial charge in [0.05, 0.1) is 29.1 Å². The van der Waals surface area contributed by atoms with Gasteiger partial charge in [0, 0.05) is 23.3 Å². The van der Waals surface area contributed by atoms with Crippen LogP contribution in [0.4, 0.5) is 8.78 Å². The first kappa shape index (κ1) is 26.1. The van der Waals surface area contributed by atoms with Crippen molar-refractivity contribution in [2.75, 3.05) is 6.61 Å². The zero-order valence-corrected chi connectivity index (χ0v) is 22.0. The quantitative estimate of drug-likeness (QED) is 0.312. The molecule has 1 aliphatic heterocycles. The van der Waals surface area contributed by atoms with Crippen molar-refractivity contribution in [1.82, 2.24) is 20.1 Å². The van der Waals surface area contributed by atoms with E-state index in [-0.39, 0.29) is 17.5 Å². The highest BCUT2D eigenvalue weighted by molar-refractivity contribution is 6.31. The summed E-state index contributed by atoms with van der Waals surface area (Å²) in [6.07, 6.45) is 3.85. The first-order valence-electron chi connectivity index (χ1n) is 12.3. The number of nitrogens with one attached hydrogen (secondary N) is 1. The molecule has 1 N–H and O–H groups in total. The lowest BCUT2D eigenvalue weighted by atomic mass is 9.98. The zero-order valence-electron chi connectivity index (χ0n) is 21.2. The Balaban J connectivity index is 1.45. The highest BCUT2D eigenvalue weighted by Crippen LogP contribution is 2.33. The van der Waals surface area contributed by atoms with Crippen molar-refractivity contribution in [1.29, 1.82) is 0 Å². The van der Waals surface area contributed by atoms with Crippen LogP contribution in [0.5, 0.6) is 5.75 Å². The number of aryl methyl sites for hydroxylation is 1. The highest BCUT2D eigenvalue weighted by Gasteiger charge is 2.38. The van der Waals surface area contributed by atoms with E-state index in [0.717, 1.165) is 12.6 Å². The van der Waals surface area contributed by atoms with E-state index in [1.807, 2.05) is 19.1 Å². The lowest BCUT2D eigenvalue weighted by Gasteiger charge is -2.26. The van der Waals surface area contributed by atoms with Crippen LogP contribution >= 0.6 is 11.6 Å². The maximum atomic E-state index is 14.4. The van der Waals surface area contributed by atoms with Crippen LogP contribution in [0.25, 0.3) is 16.6 Å². The number of para-hydroxylation sites is 1. The Morgan fingerprint density at radius 2 is 2.11 bits per heavy atom. The second-order valence-corrected chi connectivity index (χ2v) is 10.1. The molecule has 0 saturated carbocycles. The second kappa shape index (κ2) is 10.3. The van der Waals surface area contributed by atoms with Gasteiger partial charge in [-0.15, -0.1) is 0 Å². The van der Waals surface area contributed by atoms with Crippen LogP contribution in [0.1, 0.15) is 49.6 Å². The lowest BCUT2D eigenvalue weighted by molar-refractivity contribution is -0.140. The molecule has 1 unspecified atom stereocenters. The second-order valence-electron chi connectivity index (χ2n) is 9.66.